The lowest BCUT2D eigenvalue weighted by Crippen LogP contribution is -2.06. The lowest BCUT2D eigenvalue weighted by atomic mass is 10.1. The van der Waals surface area contributed by atoms with E-state index in [2.05, 4.69) is 26.6 Å². The van der Waals surface area contributed by atoms with Gasteiger partial charge in [0.05, 0.1) is 41.2 Å². The zero-order valence-electron chi connectivity index (χ0n) is 16.8. The molecule has 0 aliphatic heterocycles. The minimum absolute atomic E-state index is 0.574. The second-order valence-corrected chi connectivity index (χ2v) is 7.09. The van der Waals surface area contributed by atoms with Gasteiger partial charge in [0, 0.05) is 18.0 Å². The van der Waals surface area contributed by atoms with E-state index >= 15 is 0 Å². The first-order valence-corrected chi connectivity index (χ1v) is 9.80. The summed E-state index contributed by atoms with van der Waals surface area (Å²) in [7, 11) is 0. The Morgan fingerprint density at radius 2 is 1.77 bits per heavy atom. The van der Waals surface area contributed by atoms with Gasteiger partial charge in [-0.05, 0) is 44.2 Å². The van der Waals surface area contributed by atoms with Crippen LogP contribution < -0.4 is 5.32 Å². The number of pyridine rings is 1. The third-order valence-corrected chi connectivity index (χ3v) is 5.13. The van der Waals surface area contributed by atoms with Gasteiger partial charge in [-0.3, -0.25) is 0 Å². The molecule has 30 heavy (non-hydrogen) atoms. The molecule has 4 heterocycles. The number of aromatic nitrogens is 6. The summed E-state index contributed by atoms with van der Waals surface area (Å²) in [4.78, 5) is 13.6. The standard InChI is InChI=1S/C23H21N7/c1-16-22(17(2)30(28-16)18-8-4-3-5-9-18)20-11-12-24-23(27-20)26-15-19-14-25-21-10-6-7-13-29(19)21/h3-14H,15H2,1-2H3,(H,24,26,27). The fourth-order valence-corrected chi connectivity index (χ4v) is 3.70. The van der Waals surface area contributed by atoms with E-state index in [4.69, 9.17) is 10.1 Å². The van der Waals surface area contributed by atoms with Crippen LogP contribution in [-0.4, -0.2) is 29.1 Å². The molecule has 148 valence electrons. The van der Waals surface area contributed by atoms with Crippen LogP contribution in [0.1, 0.15) is 17.1 Å². The van der Waals surface area contributed by atoms with Gasteiger partial charge in [0.25, 0.3) is 0 Å². The summed E-state index contributed by atoms with van der Waals surface area (Å²) in [6, 6.07) is 18.0. The highest BCUT2D eigenvalue weighted by molar-refractivity contribution is 5.66. The van der Waals surface area contributed by atoms with Crippen molar-refractivity contribution in [2.75, 3.05) is 5.32 Å². The smallest absolute Gasteiger partial charge is 0.223 e. The van der Waals surface area contributed by atoms with E-state index < -0.39 is 0 Å². The van der Waals surface area contributed by atoms with Gasteiger partial charge in [-0.25, -0.2) is 19.6 Å². The van der Waals surface area contributed by atoms with Crippen molar-refractivity contribution in [2.24, 2.45) is 0 Å². The van der Waals surface area contributed by atoms with Crippen LogP contribution in [0, 0.1) is 13.8 Å². The van der Waals surface area contributed by atoms with Crippen molar-refractivity contribution in [3.63, 3.8) is 0 Å². The summed E-state index contributed by atoms with van der Waals surface area (Å²) in [5.41, 5.74) is 6.85. The molecule has 7 heteroatoms. The van der Waals surface area contributed by atoms with E-state index in [9.17, 15) is 0 Å². The van der Waals surface area contributed by atoms with E-state index in [-0.39, 0.29) is 0 Å². The number of rotatable bonds is 5. The monoisotopic (exact) mass is 395 g/mol. The molecule has 0 amide bonds. The molecule has 1 aromatic carbocycles. The number of fused-ring (bicyclic) bond motifs is 1. The van der Waals surface area contributed by atoms with Crippen molar-refractivity contribution in [3.05, 3.63) is 90.3 Å². The maximum atomic E-state index is 4.75. The van der Waals surface area contributed by atoms with Crippen LogP contribution in [0.15, 0.2) is 73.2 Å². The molecule has 0 aliphatic carbocycles. The molecular weight excluding hydrogens is 374 g/mol. The molecule has 0 saturated heterocycles. The third-order valence-electron chi connectivity index (χ3n) is 5.13. The van der Waals surface area contributed by atoms with Crippen molar-refractivity contribution in [1.29, 1.82) is 0 Å². The first kappa shape index (κ1) is 18.1. The van der Waals surface area contributed by atoms with E-state index in [0.717, 1.165) is 39.7 Å². The van der Waals surface area contributed by atoms with Gasteiger partial charge >= 0.3 is 0 Å². The Bertz CT molecular complexity index is 1320. The quantitative estimate of drug-likeness (QED) is 0.483. The zero-order valence-corrected chi connectivity index (χ0v) is 16.8. The molecule has 5 rings (SSSR count). The summed E-state index contributed by atoms with van der Waals surface area (Å²) < 4.78 is 4.01. The van der Waals surface area contributed by atoms with Crippen LogP contribution in [-0.2, 0) is 6.54 Å². The molecule has 0 bridgehead atoms. The lowest BCUT2D eigenvalue weighted by molar-refractivity contribution is 0.834. The van der Waals surface area contributed by atoms with Crippen molar-refractivity contribution >= 4 is 11.6 Å². The SMILES string of the molecule is Cc1nn(-c2ccccc2)c(C)c1-c1ccnc(NCc2cnc3ccccn23)n1. The Morgan fingerprint density at radius 3 is 2.63 bits per heavy atom. The molecule has 0 fully saturated rings. The zero-order chi connectivity index (χ0) is 20.5. The van der Waals surface area contributed by atoms with Gasteiger partial charge in [0.1, 0.15) is 5.65 Å². The predicted molar refractivity (Wildman–Crippen MR) is 117 cm³/mol. The van der Waals surface area contributed by atoms with E-state index in [1.165, 1.54) is 0 Å². The Kier molecular flexibility index (Phi) is 4.48. The van der Waals surface area contributed by atoms with Gasteiger partial charge in [0.15, 0.2) is 0 Å². The van der Waals surface area contributed by atoms with Gasteiger partial charge < -0.3 is 9.72 Å². The summed E-state index contributed by atoms with van der Waals surface area (Å²) >= 11 is 0. The molecule has 0 radical (unpaired) electrons. The number of nitrogens with one attached hydrogen (secondary N) is 1. The molecule has 1 N–H and O–H groups in total. The molecule has 0 aliphatic rings. The fourth-order valence-electron chi connectivity index (χ4n) is 3.70. The van der Waals surface area contributed by atoms with Gasteiger partial charge in [0.2, 0.25) is 5.95 Å². The molecule has 0 unspecified atom stereocenters. The Balaban J connectivity index is 1.43. The summed E-state index contributed by atoms with van der Waals surface area (Å²) in [6.45, 7) is 4.65. The maximum absolute atomic E-state index is 4.75. The van der Waals surface area contributed by atoms with E-state index in [1.54, 1.807) is 6.20 Å². The van der Waals surface area contributed by atoms with Crippen LogP contribution in [0.25, 0.3) is 22.6 Å². The molecule has 5 aromatic rings. The highest BCUT2D eigenvalue weighted by Crippen LogP contribution is 2.27. The largest absolute Gasteiger partial charge is 0.349 e. The lowest BCUT2D eigenvalue weighted by Gasteiger charge is -2.08. The van der Waals surface area contributed by atoms with Gasteiger partial charge in [-0.15, -0.1) is 0 Å². The van der Waals surface area contributed by atoms with E-state index in [1.807, 2.05) is 78.6 Å². The summed E-state index contributed by atoms with van der Waals surface area (Å²) in [5, 5.41) is 8.05. The molecule has 4 aromatic heterocycles. The second kappa shape index (κ2) is 7.44. The highest BCUT2D eigenvalue weighted by Gasteiger charge is 2.16. The van der Waals surface area contributed by atoms with Crippen molar-refractivity contribution in [1.82, 2.24) is 29.1 Å². The molecule has 0 saturated carbocycles. The van der Waals surface area contributed by atoms with Crippen molar-refractivity contribution in [2.45, 2.75) is 20.4 Å². The molecule has 7 nitrogen and oxygen atoms in total. The number of para-hydroxylation sites is 1. The number of aryl methyl sites for hydroxylation is 1. The third kappa shape index (κ3) is 3.20. The van der Waals surface area contributed by atoms with Gasteiger partial charge in [-0.2, -0.15) is 5.10 Å². The molecular formula is C23H21N7. The van der Waals surface area contributed by atoms with Crippen LogP contribution in [0.2, 0.25) is 0 Å². The van der Waals surface area contributed by atoms with Crippen molar-refractivity contribution in [3.8, 4) is 16.9 Å². The Morgan fingerprint density at radius 1 is 0.933 bits per heavy atom. The number of benzene rings is 1. The maximum Gasteiger partial charge on any atom is 0.223 e. The Hall–Kier alpha value is -4.00. The van der Waals surface area contributed by atoms with Crippen molar-refractivity contribution < 1.29 is 0 Å². The minimum Gasteiger partial charge on any atom is -0.349 e. The second-order valence-electron chi connectivity index (χ2n) is 7.09. The number of nitrogens with zero attached hydrogens (tertiary/aromatic N) is 6. The first-order chi connectivity index (χ1) is 14.7. The number of hydrogen-bond acceptors (Lipinski definition) is 5. The number of hydrogen-bond donors (Lipinski definition) is 1. The fraction of sp³-hybridized carbons (Fsp3) is 0.130. The normalized spacial score (nSPS) is 11.1. The summed E-state index contributed by atoms with van der Waals surface area (Å²) in [5.74, 6) is 0.574. The predicted octanol–water partition coefficient (Wildman–Crippen LogP) is 4.21. The average Bonchev–Trinajstić information content (AvgIpc) is 3.33. The first-order valence-electron chi connectivity index (χ1n) is 9.80. The minimum atomic E-state index is 0.574. The van der Waals surface area contributed by atoms with E-state index in [0.29, 0.717) is 12.5 Å². The molecule has 0 atom stereocenters. The van der Waals surface area contributed by atoms with Crippen LogP contribution in [0.3, 0.4) is 0 Å². The number of anilines is 1. The molecule has 0 spiro atoms. The highest BCUT2D eigenvalue weighted by atomic mass is 15.3. The Labute approximate surface area is 174 Å². The summed E-state index contributed by atoms with van der Waals surface area (Å²) in [6.07, 6.45) is 5.64. The van der Waals surface area contributed by atoms with Crippen LogP contribution >= 0.6 is 0 Å². The van der Waals surface area contributed by atoms with Crippen LogP contribution in [0.4, 0.5) is 5.95 Å². The number of imidazole rings is 1. The van der Waals surface area contributed by atoms with Gasteiger partial charge in [-0.1, -0.05) is 24.3 Å². The topological polar surface area (TPSA) is 72.9 Å². The average molecular weight is 395 g/mol. The van der Waals surface area contributed by atoms with Crippen LogP contribution in [0.5, 0.6) is 0 Å².